The van der Waals surface area contributed by atoms with Crippen LogP contribution in [0, 0.1) is 11.8 Å². The van der Waals surface area contributed by atoms with Gasteiger partial charge in [0.25, 0.3) is 0 Å². The molecule has 0 amide bonds. The van der Waals surface area contributed by atoms with E-state index in [0.717, 1.165) is 5.92 Å². The van der Waals surface area contributed by atoms with Crippen LogP contribution in [-0.2, 0) is 4.79 Å². The number of allylic oxidation sites excluding steroid dienone is 5. The van der Waals surface area contributed by atoms with Crippen molar-refractivity contribution in [2.75, 3.05) is 0 Å². The summed E-state index contributed by atoms with van der Waals surface area (Å²) in [5.41, 5.74) is 4.19. The molecule has 18 heavy (non-hydrogen) atoms. The molecule has 0 saturated carbocycles. The Balaban J connectivity index is 0.000000180. The number of rotatable bonds is 2. The van der Waals surface area contributed by atoms with Crippen LogP contribution < -0.4 is 0 Å². The second-order valence-electron chi connectivity index (χ2n) is 5.89. The molecule has 0 aromatic rings. The van der Waals surface area contributed by atoms with Gasteiger partial charge in [-0.1, -0.05) is 63.1 Å². The molecule has 1 nitrogen and oxygen atoms in total. The lowest BCUT2D eigenvalue weighted by atomic mass is 10.0. The van der Waals surface area contributed by atoms with E-state index in [0.29, 0.717) is 24.5 Å². The van der Waals surface area contributed by atoms with E-state index in [2.05, 4.69) is 46.4 Å². The number of hydrogen-bond donors (Lipinski definition) is 0. The first kappa shape index (κ1) is 14.9. The second kappa shape index (κ2) is 6.72. The minimum Gasteiger partial charge on any atom is -0.299 e. The Hall–Kier alpha value is -1.11. The summed E-state index contributed by atoms with van der Waals surface area (Å²) in [5.74, 6) is 1.67. The van der Waals surface area contributed by atoms with Gasteiger partial charge < -0.3 is 0 Å². The molecule has 100 valence electrons. The molecule has 0 aliphatic heterocycles. The standard InChI is InChI=1S/C9H14.C8H12O/c1-7(2)9-5-4-8(3)6-9;1-6(2)7-3-4-8(9)5-7/h6-7H,3-5H2,1-2H3;3,6H,4-5H2,1-2H3. The third-order valence-corrected chi connectivity index (χ3v) is 3.60. The van der Waals surface area contributed by atoms with Crippen molar-refractivity contribution < 1.29 is 4.79 Å². The molecular formula is C17H26O. The Bertz CT molecular complexity index is 380. The van der Waals surface area contributed by atoms with Gasteiger partial charge in [0.05, 0.1) is 0 Å². The van der Waals surface area contributed by atoms with Crippen LogP contribution in [0.5, 0.6) is 0 Å². The zero-order valence-electron chi connectivity index (χ0n) is 12.3. The van der Waals surface area contributed by atoms with Crippen molar-refractivity contribution in [1.29, 1.82) is 0 Å². The fourth-order valence-corrected chi connectivity index (χ4v) is 2.22. The van der Waals surface area contributed by atoms with Crippen LogP contribution in [-0.4, -0.2) is 5.78 Å². The monoisotopic (exact) mass is 246 g/mol. The van der Waals surface area contributed by atoms with Crippen molar-refractivity contribution in [1.82, 2.24) is 0 Å². The molecule has 0 fully saturated rings. The van der Waals surface area contributed by atoms with Gasteiger partial charge in [-0.05, 0) is 24.7 Å². The van der Waals surface area contributed by atoms with Crippen LogP contribution >= 0.6 is 0 Å². The summed E-state index contributed by atoms with van der Waals surface area (Å²) in [7, 11) is 0. The average molecular weight is 246 g/mol. The van der Waals surface area contributed by atoms with E-state index >= 15 is 0 Å². The molecule has 0 bridgehead atoms. The topological polar surface area (TPSA) is 17.1 Å². The van der Waals surface area contributed by atoms with E-state index in [1.54, 1.807) is 5.57 Å². The van der Waals surface area contributed by atoms with E-state index in [9.17, 15) is 4.79 Å². The quantitative estimate of drug-likeness (QED) is 0.636. The lowest BCUT2D eigenvalue weighted by Gasteiger charge is -2.02. The molecule has 0 unspecified atom stereocenters. The van der Waals surface area contributed by atoms with E-state index < -0.39 is 0 Å². The first-order chi connectivity index (χ1) is 8.40. The maximum Gasteiger partial charge on any atom is 0.140 e. The van der Waals surface area contributed by atoms with Gasteiger partial charge in [-0.3, -0.25) is 4.79 Å². The largest absolute Gasteiger partial charge is 0.299 e. The highest BCUT2D eigenvalue weighted by molar-refractivity contribution is 5.85. The van der Waals surface area contributed by atoms with Gasteiger partial charge in [-0.25, -0.2) is 0 Å². The smallest absolute Gasteiger partial charge is 0.140 e. The molecule has 0 heterocycles. The summed E-state index contributed by atoms with van der Waals surface area (Å²) in [6, 6.07) is 0. The predicted octanol–water partition coefficient (Wildman–Crippen LogP) is 4.85. The number of carbonyl (C=O) groups is 1. The lowest BCUT2D eigenvalue weighted by Crippen LogP contribution is -1.93. The second-order valence-corrected chi connectivity index (χ2v) is 5.89. The van der Waals surface area contributed by atoms with Crippen molar-refractivity contribution in [3.8, 4) is 0 Å². The summed E-state index contributed by atoms with van der Waals surface area (Å²) < 4.78 is 0. The minimum atomic E-state index is 0.374. The summed E-state index contributed by atoms with van der Waals surface area (Å²) >= 11 is 0. The number of Topliss-reactive ketones (excluding diaryl/α,β-unsaturated/α-hetero) is 1. The summed E-state index contributed by atoms with van der Waals surface area (Å²) in [4.78, 5) is 10.7. The molecule has 2 aliphatic carbocycles. The SMILES string of the molecule is C=C1C=C(C(C)C)CC1.CC(C)C1=CCC(=O)C1. The van der Waals surface area contributed by atoms with Crippen molar-refractivity contribution in [3.63, 3.8) is 0 Å². The zero-order valence-corrected chi connectivity index (χ0v) is 12.3. The van der Waals surface area contributed by atoms with E-state index in [1.165, 1.54) is 24.0 Å². The van der Waals surface area contributed by atoms with Crippen LogP contribution in [0.2, 0.25) is 0 Å². The van der Waals surface area contributed by atoms with Gasteiger partial charge in [0.2, 0.25) is 0 Å². The van der Waals surface area contributed by atoms with Crippen LogP contribution in [0.25, 0.3) is 0 Å². The van der Waals surface area contributed by atoms with Gasteiger partial charge in [-0.15, -0.1) is 0 Å². The highest BCUT2D eigenvalue weighted by Gasteiger charge is 2.14. The first-order valence-electron chi connectivity index (χ1n) is 6.99. The fourth-order valence-electron chi connectivity index (χ4n) is 2.22. The normalized spacial score (nSPS) is 19.0. The highest BCUT2D eigenvalue weighted by Crippen LogP contribution is 2.27. The zero-order chi connectivity index (χ0) is 13.7. The average Bonchev–Trinajstić information content (AvgIpc) is 2.88. The lowest BCUT2D eigenvalue weighted by molar-refractivity contribution is -0.117. The Morgan fingerprint density at radius 3 is 1.89 bits per heavy atom. The van der Waals surface area contributed by atoms with Gasteiger partial charge >= 0.3 is 0 Å². The molecule has 0 radical (unpaired) electrons. The Morgan fingerprint density at radius 1 is 1.06 bits per heavy atom. The van der Waals surface area contributed by atoms with E-state index in [4.69, 9.17) is 0 Å². The molecule has 2 aliphatic rings. The summed E-state index contributed by atoms with van der Waals surface area (Å²) in [6.07, 6.45) is 8.12. The highest BCUT2D eigenvalue weighted by atomic mass is 16.1. The molecule has 0 aromatic carbocycles. The molecule has 2 rings (SSSR count). The van der Waals surface area contributed by atoms with Gasteiger partial charge in [0.15, 0.2) is 0 Å². The maximum atomic E-state index is 10.7. The maximum absolute atomic E-state index is 10.7. The van der Waals surface area contributed by atoms with E-state index in [1.807, 2.05) is 0 Å². The van der Waals surface area contributed by atoms with Crippen molar-refractivity contribution in [2.24, 2.45) is 11.8 Å². The van der Waals surface area contributed by atoms with Crippen LogP contribution in [0.4, 0.5) is 0 Å². The number of hydrogen-bond acceptors (Lipinski definition) is 1. The molecule has 1 heteroatoms. The van der Waals surface area contributed by atoms with Crippen molar-refractivity contribution in [3.05, 3.63) is 35.5 Å². The molecule has 0 saturated heterocycles. The predicted molar refractivity (Wildman–Crippen MR) is 78.5 cm³/mol. The van der Waals surface area contributed by atoms with Gasteiger partial charge in [-0.2, -0.15) is 0 Å². The molecule has 0 N–H and O–H groups in total. The third-order valence-electron chi connectivity index (χ3n) is 3.60. The number of ketones is 1. The Kier molecular flexibility index (Phi) is 5.58. The number of carbonyl (C=O) groups excluding carboxylic acids is 1. The minimum absolute atomic E-state index is 0.374. The molecule has 0 atom stereocenters. The molecule has 0 aromatic heterocycles. The molecular weight excluding hydrogens is 220 g/mol. The first-order valence-corrected chi connectivity index (χ1v) is 6.99. The van der Waals surface area contributed by atoms with Crippen LogP contribution in [0.15, 0.2) is 35.5 Å². The fraction of sp³-hybridized carbons (Fsp3) is 0.588. The summed E-state index contributed by atoms with van der Waals surface area (Å²) in [5, 5.41) is 0. The van der Waals surface area contributed by atoms with Crippen molar-refractivity contribution >= 4 is 5.78 Å². The van der Waals surface area contributed by atoms with Crippen LogP contribution in [0.3, 0.4) is 0 Å². The van der Waals surface area contributed by atoms with Gasteiger partial charge in [0.1, 0.15) is 5.78 Å². The van der Waals surface area contributed by atoms with Crippen LogP contribution in [0.1, 0.15) is 53.4 Å². The van der Waals surface area contributed by atoms with E-state index in [-0.39, 0.29) is 0 Å². The Morgan fingerprint density at radius 2 is 1.67 bits per heavy atom. The molecule has 0 spiro atoms. The Labute approximate surface area is 112 Å². The third kappa shape index (κ3) is 4.64. The van der Waals surface area contributed by atoms with Gasteiger partial charge in [0, 0.05) is 12.8 Å². The van der Waals surface area contributed by atoms with Crippen molar-refractivity contribution in [2.45, 2.75) is 53.4 Å². The summed E-state index contributed by atoms with van der Waals surface area (Å²) in [6.45, 7) is 12.7.